The lowest BCUT2D eigenvalue weighted by atomic mass is 10.2. The van der Waals surface area contributed by atoms with Crippen molar-refractivity contribution in [2.75, 3.05) is 18.5 Å². The van der Waals surface area contributed by atoms with E-state index in [1.807, 2.05) is 77.9 Å². The van der Waals surface area contributed by atoms with E-state index in [4.69, 9.17) is 28.9 Å². The minimum absolute atomic E-state index is 0.609. The van der Waals surface area contributed by atoms with E-state index >= 15 is 0 Å². The van der Waals surface area contributed by atoms with E-state index in [1.165, 1.54) is 0 Å². The minimum atomic E-state index is 0.609. The maximum atomic E-state index is 6.08. The Balaban J connectivity index is 1.71. The van der Waals surface area contributed by atoms with Gasteiger partial charge in [-0.3, -0.25) is 14.5 Å². The van der Waals surface area contributed by atoms with E-state index in [-0.39, 0.29) is 0 Å². The number of aryl methyl sites for hydroxylation is 1. The Morgan fingerprint density at radius 1 is 1.03 bits per heavy atom. The summed E-state index contributed by atoms with van der Waals surface area (Å²) in [5, 5.41) is 5.49. The number of rotatable bonds is 6. The molecule has 0 aliphatic rings. The molecule has 0 fully saturated rings. The molecule has 0 N–H and O–H groups in total. The first-order chi connectivity index (χ1) is 14.5. The molecule has 3 heterocycles. The summed E-state index contributed by atoms with van der Waals surface area (Å²) < 4.78 is 4.40. The number of nitrogens with zero attached hydrogens (tertiary/aromatic N) is 6. The van der Waals surface area contributed by atoms with Gasteiger partial charge in [0, 0.05) is 42.9 Å². The average Bonchev–Trinajstić information content (AvgIpc) is 3.10. The SMILES string of the molecule is Cc1ccc(-c2nn(CCN(C)c3ccncc3)c(=S)n2-c2ccc(Cl)cc2)nc1. The van der Waals surface area contributed by atoms with Gasteiger partial charge in [0.2, 0.25) is 4.77 Å². The third kappa shape index (κ3) is 4.27. The molecule has 0 saturated carbocycles. The Labute approximate surface area is 185 Å². The third-order valence-corrected chi connectivity index (χ3v) is 5.46. The molecule has 0 saturated heterocycles. The molecule has 0 aliphatic heterocycles. The number of likely N-dealkylation sites (N-methyl/N-ethyl adjacent to an activating group) is 1. The monoisotopic (exact) mass is 436 g/mol. The van der Waals surface area contributed by atoms with Crippen molar-refractivity contribution in [2.45, 2.75) is 13.5 Å². The molecule has 1 aromatic carbocycles. The first-order valence-corrected chi connectivity index (χ1v) is 10.3. The van der Waals surface area contributed by atoms with Gasteiger partial charge < -0.3 is 4.90 Å². The highest BCUT2D eigenvalue weighted by Crippen LogP contribution is 2.23. The largest absolute Gasteiger partial charge is 0.373 e. The van der Waals surface area contributed by atoms with Gasteiger partial charge in [-0.1, -0.05) is 17.7 Å². The fraction of sp³-hybridized carbons (Fsp3) is 0.182. The van der Waals surface area contributed by atoms with Crippen LogP contribution in [-0.2, 0) is 6.54 Å². The second-order valence-electron chi connectivity index (χ2n) is 6.99. The van der Waals surface area contributed by atoms with Gasteiger partial charge in [0.15, 0.2) is 5.82 Å². The average molecular weight is 437 g/mol. The quantitative estimate of drug-likeness (QED) is 0.400. The van der Waals surface area contributed by atoms with Crippen molar-refractivity contribution >= 4 is 29.5 Å². The van der Waals surface area contributed by atoms with E-state index in [0.717, 1.165) is 29.2 Å². The lowest BCUT2D eigenvalue weighted by Gasteiger charge is -2.18. The van der Waals surface area contributed by atoms with Crippen LogP contribution in [0.3, 0.4) is 0 Å². The minimum Gasteiger partial charge on any atom is -0.373 e. The molecule has 0 amide bonds. The van der Waals surface area contributed by atoms with Gasteiger partial charge in [0.25, 0.3) is 0 Å². The van der Waals surface area contributed by atoms with E-state index in [9.17, 15) is 0 Å². The first kappa shape index (κ1) is 20.3. The Hall–Kier alpha value is -3.03. The maximum absolute atomic E-state index is 6.08. The number of aromatic nitrogens is 5. The molecule has 4 rings (SSSR count). The van der Waals surface area contributed by atoms with Crippen LogP contribution in [0.15, 0.2) is 67.1 Å². The third-order valence-electron chi connectivity index (χ3n) is 4.82. The standard InChI is InChI=1S/C22H21ClN6S/c1-16-3-8-20(25-15-16)21-26-28(14-13-27(2)18-9-11-24-12-10-18)22(30)29(21)19-6-4-17(23)5-7-19/h3-12,15H,13-14H2,1-2H3. The van der Waals surface area contributed by atoms with Crippen molar-refractivity contribution in [1.29, 1.82) is 0 Å². The van der Waals surface area contributed by atoms with Gasteiger partial charge in [-0.15, -0.1) is 5.10 Å². The van der Waals surface area contributed by atoms with Crippen LogP contribution >= 0.6 is 23.8 Å². The molecule has 3 aromatic heterocycles. The lowest BCUT2D eigenvalue weighted by molar-refractivity contribution is 0.601. The molecule has 0 atom stereocenters. The molecule has 30 heavy (non-hydrogen) atoms. The molecule has 6 nitrogen and oxygen atoms in total. The summed E-state index contributed by atoms with van der Waals surface area (Å²) in [5.41, 5.74) is 3.85. The van der Waals surface area contributed by atoms with Crippen molar-refractivity contribution in [3.8, 4) is 17.2 Å². The Bertz CT molecular complexity index is 1180. The van der Waals surface area contributed by atoms with E-state index in [1.54, 1.807) is 12.4 Å². The number of benzene rings is 1. The maximum Gasteiger partial charge on any atom is 0.202 e. The van der Waals surface area contributed by atoms with Crippen LogP contribution < -0.4 is 4.90 Å². The van der Waals surface area contributed by atoms with Gasteiger partial charge in [-0.25, -0.2) is 4.68 Å². The molecule has 4 aromatic rings. The molecule has 0 unspecified atom stereocenters. The van der Waals surface area contributed by atoms with Crippen LogP contribution in [0.5, 0.6) is 0 Å². The summed E-state index contributed by atoms with van der Waals surface area (Å²) in [6, 6.07) is 15.5. The Morgan fingerprint density at radius 3 is 2.43 bits per heavy atom. The van der Waals surface area contributed by atoms with Crippen molar-refractivity contribution < 1.29 is 0 Å². The van der Waals surface area contributed by atoms with Crippen LogP contribution in [0.25, 0.3) is 17.2 Å². The van der Waals surface area contributed by atoms with Crippen LogP contribution in [0.1, 0.15) is 5.56 Å². The lowest BCUT2D eigenvalue weighted by Crippen LogP contribution is -2.23. The topological polar surface area (TPSA) is 51.8 Å². The number of hydrogen-bond donors (Lipinski definition) is 0. The Morgan fingerprint density at radius 2 is 1.77 bits per heavy atom. The van der Waals surface area contributed by atoms with Crippen molar-refractivity contribution in [3.63, 3.8) is 0 Å². The van der Waals surface area contributed by atoms with Gasteiger partial charge in [0.05, 0.1) is 12.2 Å². The zero-order valence-electron chi connectivity index (χ0n) is 16.7. The summed E-state index contributed by atoms with van der Waals surface area (Å²) in [6.07, 6.45) is 5.41. The Kier molecular flexibility index (Phi) is 5.92. The van der Waals surface area contributed by atoms with E-state index < -0.39 is 0 Å². The highest BCUT2D eigenvalue weighted by molar-refractivity contribution is 7.71. The van der Waals surface area contributed by atoms with Crippen LogP contribution in [-0.4, -0.2) is 37.9 Å². The fourth-order valence-electron chi connectivity index (χ4n) is 3.11. The van der Waals surface area contributed by atoms with Gasteiger partial charge in [-0.2, -0.15) is 0 Å². The van der Waals surface area contributed by atoms with Gasteiger partial charge in [-0.05, 0) is 67.2 Å². The molecule has 0 aliphatic carbocycles. The van der Waals surface area contributed by atoms with E-state index in [0.29, 0.717) is 22.2 Å². The summed E-state index contributed by atoms with van der Waals surface area (Å²) in [7, 11) is 2.04. The zero-order valence-corrected chi connectivity index (χ0v) is 18.3. The molecule has 0 bridgehead atoms. The second-order valence-corrected chi connectivity index (χ2v) is 7.79. The first-order valence-electron chi connectivity index (χ1n) is 9.53. The number of anilines is 1. The molecular formula is C22H21ClN6S. The summed E-state index contributed by atoms with van der Waals surface area (Å²) in [6.45, 7) is 3.39. The van der Waals surface area contributed by atoms with Crippen LogP contribution in [0, 0.1) is 11.7 Å². The van der Waals surface area contributed by atoms with Crippen LogP contribution in [0.4, 0.5) is 5.69 Å². The number of hydrogen-bond acceptors (Lipinski definition) is 5. The van der Waals surface area contributed by atoms with Crippen molar-refractivity contribution in [1.82, 2.24) is 24.3 Å². The van der Waals surface area contributed by atoms with Gasteiger partial charge in [0.1, 0.15) is 5.69 Å². The van der Waals surface area contributed by atoms with Crippen LogP contribution in [0.2, 0.25) is 5.02 Å². The molecule has 8 heteroatoms. The molecule has 0 radical (unpaired) electrons. The smallest absolute Gasteiger partial charge is 0.202 e. The predicted octanol–water partition coefficient (Wildman–Crippen LogP) is 4.96. The van der Waals surface area contributed by atoms with E-state index in [2.05, 4.69) is 14.9 Å². The summed E-state index contributed by atoms with van der Waals surface area (Å²) in [4.78, 5) is 10.8. The molecular weight excluding hydrogens is 416 g/mol. The molecule has 152 valence electrons. The summed E-state index contributed by atoms with van der Waals surface area (Å²) in [5.74, 6) is 0.703. The highest BCUT2D eigenvalue weighted by atomic mass is 35.5. The number of halogens is 1. The predicted molar refractivity (Wildman–Crippen MR) is 123 cm³/mol. The van der Waals surface area contributed by atoms with Crippen molar-refractivity contribution in [3.05, 3.63) is 82.5 Å². The summed E-state index contributed by atoms with van der Waals surface area (Å²) >= 11 is 11.9. The zero-order chi connectivity index (χ0) is 21.1. The molecule has 0 spiro atoms. The second kappa shape index (κ2) is 8.77. The normalized spacial score (nSPS) is 10.9. The van der Waals surface area contributed by atoms with Gasteiger partial charge >= 0.3 is 0 Å². The fourth-order valence-corrected chi connectivity index (χ4v) is 3.56. The highest BCUT2D eigenvalue weighted by Gasteiger charge is 2.16. The van der Waals surface area contributed by atoms with Crippen molar-refractivity contribution in [2.24, 2.45) is 0 Å². The number of pyridine rings is 2.